The lowest BCUT2D eigenvalue weighted by Crippen LogP contribution is -2.14. The van der Waals surface area contributed by atoms with Gasteiger partial charge in [0.15, 0.2) is 0 Å². The molecule has 8 heteroatoms. The first-order valence-electron chi connectivity index (χ1n) is 5.20. The number of aromatic nitrogens is 3. The van der Waals surface area contributed by atoms with Crippen molar-refractivity contribution in [2.45, 2.75) is 12.6 Å². The first-order chi connectivity index (χ1) is 8.49. The molecule has 2 heterocycles. The van der Waals surface area contributed by atoms with Crippen LogP contribution in [0.4, 0.5) is 19.0 Å². The maximum absolute atomic E-state index is 12.0. The molecule has 0 aliphatic carbocycles. The van der Waals surface area contributed by atoms with Crippen molar-refractivity contribution in [1.29, 1.82) is 0 Å². The van der Waals surface area contributed by atoms with Crippen molar-refractivity contribution in [2.24, 2.45) is 0 Å². The van der Waals surface area contributed by atoms with Gasteiger partial charge in [0.25, 0.3) is 5.88 Å². The van der Waals surface area contributed by atoms with Gasteiger partial charge in [-0.25, -0.2) is 4.98 Å². The molecule has 2 aromatic rings. The van der Waals surface area contributed by atoms with Crippen molar-refractivity contribution < 1.29 is 17.9 Å². The molecule has 0 fully saturated rings. The highest BCUT2D eigenvalue weighted by Gasteiger charge is 2.27. The Balaban J connectivity index is 2.18. The molecule has 2 aromatic heterocycles. The molecule has 0 radical (unpaired) electrons. The number of hydrogen-bond donors (Lipinski definition) is 1. The third kappa shape index (κ3) is 2.82. The Labute approximate surface area is 101 Å². The predicted molar refractivity (Wildman–Crippen MR) is 58.7 cm³/mol. The molecule has 0 saturated carbocycles. The van der Waals surface area contributed by atoms with Gasteiger partial charge >= 0.3 is 6.18 Å². The van der Waals surface area contributed by atoms with Gasteiger partial charge < -0.3 is 10.1 Å². The molecule has 0 aliphatic rings. The number of alkyl halides is 3. The van der Waals surface area contributed by atoms with Crippen LogP contribution in [0.2, 0.25) is 0 Å². The third-order valence-corrected chi connectivity index (χ3v) is 2.22. The SMILES string of the molecule is CNc1cn2ccnc2c(OCCC(F)(F)F)n1. The van der Waals surface area contributed by atoms with Gasteiger partial charge in [0.2, 0.25) is 5.65 Å². The Hall–Kier alpha value is -1.99. The highest BCUT2D eigenvalue weighted by Crippen LogP contribution is 2.22. The smallest absolute Gasteiger partial charge is 0.392 e. The molecule has 0 amide bonds. The number of ether oxygens (including phenoxy) is 1. The van der Waals surface area contributed by atoms with Crippen molar-refractivity contribution in [3.05, 3.63) is 18.6 Å². The van der Waals surface area contributed by atoms with Crippen molar-refractivity contribution >= 4 is 11.5 Å². The molecular formula is C10H11F3N4O. The van der Waals surface area contributed by atoms with E-state index in [1.54, 1.807) is 23.8 Å². The number of fused-ring (bicyclic) bond motifs is 1. The van der Waals surface area contributed by atoms with Gasteiger partial charge in [0.1, 0.15) is 5.82 Å². The van der Waals surface area contributed by atoms with E-state index in [-0.39, 0.29) is 5.88 Å². The molecule has 0 aromatic carbocycles. The van der Waals surface area contributed by atoms with Gasteiger partial charge in [-0.3, -0.25) is 4.40 Å². The summed E-state index contributed by atoms with van der Waals surface area (Å²) in [7, 11) is 1.66. The van der Waals surface area contributed by atoms with Gasteiger partial charge in [0.05, 0.1) is 19.2 Å². The van der Waals surface area contributed by atoms with E-state index in [9.17, 15) is 13.2 Å². The van der Waals surface area contributed by atoms with Gasteiger partial charge in [-0.2, -0.15) is 18.2 Å². The van der Waals surface area contributed by atoms with Crippen LogP contribution in [0, 0.1) is 0 Å². The molecule has 5 nitrogen and oxygen atoms in total. The summed E-state index contributed by atoms with van der Waals surface area (Å²) in [5, 5.41) is 2.79. The highest BCUT2D eigenvalue weighted by atomic mass is 19.4. The van der Waals surface area contributed by atoms with Gasteiger partial charge in [-0.15, -0.1) is 0 Å². The molecule has 98 valence electrons. The zero-order chi connectivity index (χ0) is 13.2. The fourth-order valence-corrected chi connectivity index (χ4v) is 1.38. The highest BCUT2D eigenvalue weighted by molar-refractivity contribution is 5.53. The number of nitrogens with one attached hydrogen (secondary N) is 1. The second-order valence-corrected chi connectivity index (χ2v) is 3.55. The Morgan fingerprint density at radius 3 is 2.89 bits per heavy atom. The van der Waals surface area contributed by atoms with E-state index in [0.29, 0.717) is 11.5 Å². The summed E-state index contributed by atoms with van der Waals surface area (Å²) in [6.45, 7) is -0.480. The molecule has 0 saturated heterocycles. The van der Waals surface area contributed by atoms with E-state index in [2.05, 4.69) is 15.3 Å². The van der Waals surface area contributed by atoms with Gasteiger partial charge in [-0.05, 0) is 0 Å². The monoisotopic (exact) mass is 260 g/mol. The van der Waals surface area contributed by atoms with Crippen LogP contribution in [0.15, 0.2) is 18.6 Å². The Kier molecular flexibility index (Phi) is 3.26. The third-order valence-electron chi connectivity index (χ3n) is 2.22. The van der Waals surface area contributed by atoms with E-state index in [0.717, 1.165) is 0 Å². The lowest BCUT2D eigenvalue weighted by atomic mass is 10.4. The van der Waals surface area contributed by atoms with Crippen molar-refractivity contribution in [2.75, 3.05) is 19.0 Å². The molecule has 1 N–H and O–H groups in total. The lowest BCUT2D eigenvalue weighted by Gasteiger charge is -2.10. The maximum Gasteiger partial charge on any atom is 0.392 e. The van der Waals surface area contributed by atoms with E-state index >= 15 is 0 Å². The lowest BCUT2D eigenvalue weighted by molar-refractivity contribution is -0.139. The zero-order valence-corrected chi connectivity index (χ0v) is 9.53. The number of anilines is 1. The van der Waals surface area contributed by atoms with Crippen LogP contribution in [0.1, 0.15) is 6.42 Å². The Bertz CT molecular complexity index is 537. The summed E-state index contributed by atoms with van der Waals surface area (Å²) in [5.74, 6) is 0.568. The summed E-state index contributed by atoms with van der Waals surface area (Å²) < 4.78 is 42.7. The van der Waals surface area contributed by atoms with Crippen molar-refractivity contribution in [1.82, 2.24) is 14.4 Å². The van der Waals surface area contributed by atoms with Crippen LogP contribution >= 0.6 is 0 Å². The van der Waals surface area contributed by atoms with Crippen LogP contribution in [0.5, 0.6) is 5.88 Å². The maximum atomic E-state index is 12.0. The molecule has 0 unspecified atom stereocenters. The van der Waals surface area contributed by atoms with Gasteiger partial charge in [0, 0.05) is 19.4 Å². The average Bonchev–Trinajstić information content (AvgIpc) is 2.75. The van der Waals surface area contributed by atoms with Crippen LogP contribution in [-0.4, -0.2) is 34.2 Å². The summed E-state index contributed by atoms with van der Waals surface area (Å²) in [6.07, 6.45) is -0.419. The summed E-state index contributed by atoms with van der Waals surface area (Å²) >= 11 is 0. The Morgan fingerprint density at radius 1 is 1.44 bits per heavy atom. The average molecular weight is 260 g/mol. The largest absolute Gasteiger partial charge is 0.475 e. The topological polar surface area (TPSA) is 51.5 Å². The minimum Gasteiger partial charge on any atom is -0.475 e. The van der Waals surface area contributed by atoms with Crippen molar-refractivity contribution in [3.8, 4) is 5.88 Å². The molecular weight excluding hydrogens is 249 g/mol. The minimum absolute atomic E-state index is 0.0797. The molecule has 0 aliphatic heterocycles. The predicted octanol–water partition coefficient (Wildman–Crippen LogP) is 2.10. The first kappa shape index (κ1) is 12.5. The van der Waals surface area contributed by atoms with E-state index in [1.807, 2.05) is 0 Å². The number of nitrogens with zero attached hydrogens (tertiary/aromatic N) is 3. The second-order valence-electron chi connectivity index (χ2n) is 3.55. The molecule has 0 spiro atoms. The normalized spacial score (nSPS) is 11.8. The second kappa shape index (κ2) is 4.71. The fourth-order valence-electron chi connectivity index (χ4n) is 1.38. The van der Waals surface area contributed by atoms with Crippen LogP contribution in [0.25, 0.3) is 5.65 Å². The number of hydrogen-bond acceptors (Lipinski definition) is 4. The van der Waals surface area contributed by atoms with Crippen LogP contribution in [0.3, 0.4) is 0 Å². The van der Waals surface area contributed by atoms with Crippen LogP contribution < -0.4 is 10.1 Å². The van der Waals surface area contributed by atoms with E-state index in [4.69, 9.17) is 4.74 Å². The first-order valence-corrected chi connectivity index (χ1v) is 5.20. The fraction of sp³-hybridized carbons (Fsp3) is 0.400. The molecule has 0 atom stereocenters. The van der Waals surface area contributed by atoms with Crippen molar-refractivity contribution in [3.63, 3.8) is 0 Å². The summed E-state index contributed by atoms with van der Waals surface area (Å²) in [6, 6.07) is 0. The quantitative estimate of drug-likeness (QED) is 0.914. The minimum atomic E-state index is -4.24. The number of halogens is 3. The molecule has 0 bridgehead atoms. The summed E-state index contributed by atoms with van der Waals surface area (Å²) in [4.78, 5) is 8.00. The van der Waals surface area contributed by atoms with Gasteiger partial charge in [-0.1, -0.05) is 0 Å². The standard InChI is InChI=1S/C10H11F3N4O/c1-14-7-6-17-4-3-15-8(17)9(16-7)18-5-2-10(11,12)13/h3-4,6,14H,2,5H2,1H3. The molecule has 18 heavy (non-hydrogen) atoms. The van der Waals surface area contributed by atoms with E-state index < -0.39 is 19.2 Å². The van der Waals surface area contributed by atoms with Crippen LogP contribution in [-0.2, 0) is 0 Å². The Morgan fingerprint density at radius 2 is 2.22 bits per heavy atom. The molecule has 2 rings (SSSR count). The zero-order valence-electron chi connectivity index (χ0n) is 9.53. The number of imidazole rings is 1. The number of rotatable bonds is 4. The summed E-state index contributed by atoms with van der Waals surface area (Å²) in [5.41, 5.74) is 0.385. The van der Waals surface area contributed by atoms with E-state index in [1.165, 1.54) is 6.20 Å².